The van der Waals surface area contributed by atoms with E-state index in [0.29, 0.717) is 5.92 Å². The lowest BCUT2D eigenvalue weighted by Crippen LogP contribution is -1.87. The molecule has 1 aliphatic rings. The predicted molar refractivity (Wildman–Crippen MR) is 27.5 cm³/mol. The van der Waals surface area contributed by atoms with Gasteiger partial charge in [0.2, 0.25) is 0 Å². The van der Waals surface area contributed by atoms with E-state index in [1.54, 1.807) is 0 Å². The van der Waals surface area contributed by atoms with Gasteiger partial charge in [-0.05, 0) is 19.3 Å². The Bertz CT molecular complexity index is 123. The van der Waals surface area contributed by atoms with Crippen LogP contribution in [0.4, 0.5) is 0 Å². The normalized spacial score (nSPS) is 47.9. The SMILES string of the molecule is C[C@H]1C[C@]1(C)C#N. The summed E-state index contributed by atoms with van der Waals surface area (Å²) in [5.41, 5.74) is 0.0556. The molecular weight excluding hydrogens is 86.1 g/mol. The smallest absolute Gasteiger partial charge is 0.0689 e. The number of hydrogen-bond donors (Lipinski definition) is 0. The van der Waals surface area contributed by atoms with Crippen LogP contribution >= 0.6 is 0 Å². The molecule has 1 aliphatic carbocycles. The molecular formula is C6H9N. The van der Waals surface area contributed by atoms with Gasteiger partial charge in [0.25, 0.3) is 0 Å². The lowest BCUT2D eigenvalue weighted by molar-refractivity contribution is 0.680. The fraction of sp³-hybridized carbons (Fsp3) is 0.833. The summed E-state index contributed by atoms with van der Waals surface area (Å²) in [5, 5.41) is 8.39. The van der Waals surface area contributed by atoms with E-state index in [1.807, 2.05) is 6.92 Å². The molecule has 1 nitrogen and oxygen atoms in total. The summed E-state index contributed by atoms with van der Waals surface area (Å²) in [6, 6.07) is 2.27. The molecule has 7 heavy (non-hydrogen) atoms. The number of hydrogen-bond acceptors (Lipinski definition) is 1. The molecule has 0 saturated heterocycles. The van der Waals surface area contributed by atoms with Crippen LogP contribution in [0, 0.1) is 22.7 Å². The molecule has 38 valence electrons. The van der Waals surface area contributed by atoms with E-state index in [1.165, 1.54) is 0 Å². The van der Waals surface area contributed by atoms with Crippen LogP contribution in [-0.4, -0.2) is 0 Å². The summed E-state index contributed by atoms with van der Waals surface area (Å²) in [4.78, 5) is 0. The van der Waals surface area contributed by atoms with Crippen molar-refractivity contribution in [3.8, 4) is 6.07 Å². The van der Waals surface area contributed by atoms with Crippen LogP contribution in [0.3, 0.4) is 0 Å². The van der Waals surface area contributed by atoms with Crippen LogP contribution in [0.2, 0.25) is 0 Å². The Morgan fingerprint density at radius 2 is 2.29 bits per heavy atom. The van der Waals surface area contributed by atoms with Gasteiger partial charge in [-0.15, -0.1) is 0 Å². The molecule has 0 amide bonds. The van der Waals surface area contributed by atoms with E-state index >= 15 is 0 Å². The van der Waals surface area contributed by atoms with Crippen molar-refractivity contribution in [2.24, 2.45) is 11.3 Å². The molecule has 1 saturated carbocycles. The van der Waals surface area contributed by atoms with Crippen molar-refractivity contribution >= 4 is 0 Å². The predicted octanol–water partition coefficient (Wildman–Crippen LogP) is 1.56. The Morgan fingerprint density at radius 3 is 2.29 bits per heavy atom. The number of rotatable bonds is 0. The van der Waals surface area contributed by atoms with Crippen molar-refractivity contribution in [1.82, 2.24) is 0 Å². The van der Waals surface area contributed by atoms with Crippen LogP contribution < -0.4 is 0 Å². The van der Waals surface area contributed by atoms with Gasteiger partial charge in [0.1, 0.15) is 0 Å². The van der Waals surface area contributed by atoms with Crippen LogP contribution in [0.1, 0.15) is 20.3 Å². The Hall–Kier alpha value is -0.510. The summed E-state index contributed by atoms with van der Waals surface area (Å²) in [6.07, 6.45) is 1.10. The first kappa shape index (κ1) is 4.64. The van der Waals surface area contributed by atoms with Crippen molar-refractivity contribution in [2.45, 2.75) is 20.3 Å². The van der Waals surface area contributed by atoms with Gasteiger partial charge in [-0.3, -0.25) is 0 Å². The zero-order valence-electron chi connectivity index (χ0n) is 4.73. The van der Waals surface area contributed by atoms with Crippen LogP contribution in [0.25, 0.3) is 0 Å². The first-order valence-corrected chi connectivity index (χ1v) is 2.60. The largest absolute Gasteiger partial charge is 0.198 e. The van der Waals surface area contributed by atoms with E-state index in [0.717, 1.165) is 6.42 Å². The Morgan fingerprint density at radius 1 is 1.86 bits per heavy atom. The standard InChI is InChI=1S/C6H9N/c1-5-3-6(5,2)4-7/h5H,3H2,1-2H3/t5-,6+/m0/s1. The molecule has 0 N–H and O–H groups in total. The van der Waals surface area contributed by atoms with E-state index in [2.05, 4.69) is 13.0 Å². The number of nitrogens with zero attached hydrogens (tertiary/aromatic N) is 1. The van der Waals surface area contributed by atoms with Crippen LogP contribution in [0.15, 0.2) is 0 Å². The fourth-order valence-corrected chi connectivity index (χ4v) is 0.733. The highest BCUT2D eigenvalue weighted by molar-refractivity contribution is 5.11. The van der Waals surface area contributed by atoms with Crippen molar-refractivity contribution in [2.75, 3.05) is 0 Å². The summed E-state index contributed by atoms with van der Waals surface area (Å²) in [6.45, 7) is 4.13. The Balaban J connectivity index is 2.57. The minimum atomic E-state index is 0.0556. The maximum Gasteiger partial charge on any atom is 0.0689 e. The Kier molecular flexibility index (Phi) is 0.667. The number of nitriles is 1. The van der Waals surface area contributed by atoms with Gasteiger partial charge in [-0.1, -0.05) is 6.92 Å². The van der Waals surface area contributed by atoms with Crippen LogP contribution in [-0.2, 0) is 0 Å². The van der Waals surface area contributed by atoms with Gasteiger partial charge in [-0.2, -0.15) is 5.26 Å². The summed E-state index contributed by atoms with van der Waals surface area (Å²) in [7, 11) is 0. The molecule has 0 aromatic carbocycles. The van der Waals surface area contributed by atoms with Gasteiger partial charge in [-0.25, -0.2) is 0 Å². The topological polar surface area (TPSA) is 23.8 Å². The molecule has 0 radical (unpaired) electrons. The summed E-state index contributed by atoms with van der Waals surface area (Å²) in [5.74, 6) is 0.650. The molecule has 0 bridgehead atoms. The molecule has 1 heteroatoms. The average molecular weight is 95.1 g/mol. The molecule has 0 aromatic rings. The minimum Gasteiger partial charge on any atom is -0.198 e. The third-order valence-corrected chi connectivity index (χ3v) is 1.91. The zero-order valence-corrected chi connectivity index (χ0v) is 4.73. The van der Waals surface area contributed by atoms with Gasteiger partial charge in [0.15, 0.2) is 0 Å². The maximum atomic E-state index is 8.39. The van der Waals surface area contributed by atoms with Crippen LogP contribution in [0.5, 0.6) is 0 Å². The maximum absolute atomic E-state index is 8.39. The third kappa shape index (κ3) is 0.507. The molecule has 2 atom stereocenters. The molecule has 0 aromatic heterocycles. The molecule has 1 fully saturated rings. The fourth-order valence-electron chi connectivity index (χ4n) is 0.733. The molecule has 0 aliphatic heterocycles. The second-order valence-corrected chi connectivity index (χ2v) is 2.63. The second-order valence-electron chi connectivity index (χ2n) is 2.63. The Labute approximate surface area is 44.0 Å². The van der Waals surface area contributed by atoms with E-state index in [-0.39, 0.29) is 5.41 Å². The first-order valence-electron chi connectivity index (χ1n) is 2.60. The molecule has 0 heterocycles. The van der Waals surface area contributed by atoms with E-state index in [4.69, 9.17) is 5.26 Å². The van der Waals surface area contributed by atoms with Crippen molar-refractivity contribution in [3.05, 3.63) is 0 Å². The lowest BCUT2D eigenvalue weighted by Gasteiger charge is -1.88. The van der Waals surface area contributed by atoms with Crippen molar-refractivity contribution in [1.29, 1.82) is 5.26 Å². The minimum absolute atomic E-state index is 0.0556. The van der Waals surface area contributed by atoms with Crippen molar-refractivity contribution < 1.29 is 0 Å². The highest BCUT2D eigenvalue weighted by Crippen LogP contribution is 2.50. The van der Waals surface area contributed by atoms with Gasteiger partial charge in [0, 0.05) is 0 Å². The molecule has 1 rings (SSSR count). The lowest BCUT2D eigenvalue weighted by atomic mass is 10.1. The van der Waals surface area contributed by atoms with Gasteiger partial charge >= 0.3 is 0 Å². The van der Waals surface area contributed by atoms with Gasteiger partial charge < -0.3 is 0 Å². The molecule has 0 unspecified atom stereocenters. The average Bonchev–Trinajstić information content (AvgIpc) is 2.18. The second kappa shape index (κ2) is 1.01. The molecule has 0 spiro atoms. The monoisotopic (exact) mass is 95.1 g/mol. The first-order chi connectivity index (χ1) is 3.19. The zero-order chi connectivity index (χ0) is 5.49. The van der Waals surface area contributed by atoms with Gasteiger partial charge in [0.05, 0.1) is 11.5 Å². The van der Waals surface area contributed by atoms with Crippen molar-refractivity contribution in [3.63, 3.8) is 0 Å². The van der Waals surface area contributed by atoms with E-state index in [9.17, 15) is 0 Å². The third-order valence-electron chi connectivity index (χ3n) is 1.91. The summed E-state index contributed by atoms with van der Waals surface area (Å²) >= 11 is 0. The highest BCUT2D eigenvalue weighted by atomic mass is 14.5. The van der Waals surface area contributed by atoms with E-state index < -0.39 is 0 Å². The summed E-state index contributed by atoms with van der Waals surface area (Å²) < 4.78 is 0. The highest BCUT2D eigenvalue weighted by Gasteiger charge is 2.46. The quantitative estimate of drug-likeness (QED) is 0.448.